The summed E-state index contributed by atoms with van der Waals surface area (Å²) in [6.07, 6.45) is 5.02. The molecule has 2 heteroatoms. The molecule has 1 aromatic rings. The van der Waals surface area contributed by atoms with Gasteiger partial charge < -0.3 is 0 Å². The highest BCUT2D eigenvalue weighted by atomic mass is 35.5. The summed E-state index contributed by atoms with van der Waals surface area (Å²) in [4.78, 5) is 4.46. The van der Waals surface area contributed by atoms with Gasteiger partial charge in [0.05, 0.1) is 10.7 Å². The molecule has 1 aliphatic carbocycles. The van der Waals surface area contributed by atoms with Gasteiger partial charge in [-0.05, 0) is 18.4 Å². The Balaban J connectivity index is 2.57. The summed E-state index contributed by atoms with van der Waals surface area (Å²) < 4.78 is 0. The summed E-state index contributed by atoms with van der Waals surface area (Å²) in [7, 11) is 0. The van der Waals surface area contributed by atoms with Crippen LogP contribution in [-0.4, -0.2) is 4.98 Å². The maximum Gasteiger partial charge on any atom is 0.0546 e. The summed E-state index contributed by atoms with van der Waals surface area (Å²) in [5.74, 6) is 0.439. The van der Waals surface area contributed by atoms with Gasteiger partial charge in [0.1, 0.15) is 0 Å². The van der Waals surface area contributed by atoms with Crippen LogP contribution < -0.4 is 0 Å². The molecule has 1 aliphatic rings. The minimum absolute atomic E-state index is 0.439. The van der Waals surface area contributed by atoms with Crippen LogP contribution in [0.5, 0.6) is 0 Å². The number of allylic oxidation sites excluding steroid dienone is 1. The summed E-state index contributed by atoms with van der Waals surface area (Å²) in [6, 6.07) is 0. The molecule has 0 spiro atoms. The molecule has 0 atom stereocenters. The van der Waals surface area contributed by atoms with Crippen LogP contribution in [0.4, 0.5) is 0 Å². The molecule has 1 heterocycles. The van der Waals surface area contributed by atoms with Gasteiger partial charge >= 0.3 is 0 Å². The average molecular weight is 208 g/mol. The Morgan fingerprint density at radius 1 is 1.43 bits per heavy atom. The van der Waals surface area contributed by atoms with Crippen molar-refractivity contribution < 1.29 is 0 Å². The molecule has 0 aromatic carbocycles. The molecule has 1 aromatic heterocycles. The Hall–Kier alpha value is -0.820. The summed E-state index contributed by atoms with van der Waals surface area (Å²) in [5, 5.41) is 0.891. The molecule has 74 valence electrons. The standard InChI is InChI=1S/C12H14ClN/c1-7(2)10-6-14-11-5-8(3)4-9(11)12(10)13/h4,6-7H,5H2,1-3H3. The minimum atomic E-state index is 0.439. The van der Waals surface area contributed by atoms with E-state index in [1.54, 1.807) is 0 Å². The van der Waals surface area contributed by atoms with E-state index in [2.05, 4.69) is 31.8 Å². The van der Waals surface area contributed by atoms with Crippen molar-refractivity contribution in [1.82, 2.24) is 4.98 Å². The third kappa shape index (κ3) is 1.46. The second-order valence-corrected chi connectivity index (χ2v) is 4.59. The third-order valence-electron chi connectivity index (χ3n) is 2.62. The van der Waals surface area contributed by atoms with Gasteiger partial charge in [-0.1, -0.05) is 37.1 Å². The second kappa shape index (κ2) is 3.39. The number of hydrogen-bond donors (Lipinski definition) is 0. The lowest BCUT2D eigenvalue weighted by molar-refractivity contribution is 0.853. The number of hydrogen-bond acceptors (Lipinski definition) is 1. The Bertz CT molecular complexity index is 405. The molecule has 0 N–H and O–H groups in total. The lowest BCUT2D eigenvalue weighted by Gasteiger charge is -2.10. The Labute approximate surface area is 89.8 Å². The van der Waals surface area contributed by atoms with Gasteiger partial charge in [-0.15, -0.1) is 0 Å². The lowest BCUT2D eigenvalue weighted by Crippen LogP contribution is -1.96. The SMILES string of the molecule is CC1=Cc2c(ncc(C(C)C)c2Cl)C1. The van der Waals surface area contributed by atoms with Crippen LogP contribution in [0.15, 0.2) is 11.8 Å². The molecule has 2 rings (SSSR count). The highest BCUT2D eigenvalue weighted by molar-refractivity contribution is 6.33. The van der Waals surface area contributed by atoms with E-state index in [-0.39, 0.29) is 0 Å². The number of pyridine rings is 1. The molecule has 1 nitrogen and oxygen atoms in total. The normalized spacial score (nSPS) is 14.5. The molecule has 0 aliphatic heterocycles. The van der Waals surface area contributed by atoms with Gasteiger partial charge in [0.2, 0.25) is 0 Å². The van der Waals surface area contributed by atoms with Gasteiger partial charge in [0, 0.05) is 18.2 Å². The largest absolute Gasteiger partial charge is 0.260 e. The van der Waals surface area contributed by atoms with Crippen molar-refractivity contribution in [3.8, 4) is 0 Å². The number of aromatic nitrogens is 1. The van der Waals surface area contributed by atoms with Crippen LogP contribution >= 0.6 is 11.6 Å². The van der Waals surface area contributed by atoms with Crippen LogP contribution in [0, 0.1) is 0 Å². The maximum absolute atomic E-state index is 6.33. The van der Waals surface area contributed by atoms with Crippen LogP contribution in [0.1, 0.15) is 43.5 Å². The predicted octanol–water partition coefficient (Wildman–Crippen LogP) is 3.82. The van der Waals surface area contributed by atoms with E-state index in [1.807, 2.05) is 6.20 Å². The highest BCUT2D eigenvalue weighted by Gasteiger charge is 2.17. The maximum atomic E-state index is 6.33. The lowest BCUT2D eigenvalue weighted by atomic mass is 10.0. The van der Waals surface area contributed by atoms with Gasteiger partial charge in [0.15, 0.2) is 0 Å². The predicted molar refractivity (Wildman–Crippen MR) is 60.7 cm³/mol. The van der Waals surface area contributed by atoms with Crippen molar-refractivity contribution >= 4 is 17.7 Å². The van der Waals surface area contributed by atoms with Gasteiger partial charge in [-0.25, -0.2) is 0 Å². The van der Waals surface area contributed by atoms with Crippen molar-refractivity contribution in [2.45, 2.75) is 33.1 Å². The topological polar surface area (TPSA) is 12.9 Å². The first kappa shape index (κ1) is 9.72. The van der Waals surface area contributed by atoms with E-state index in [9.17, 15) is 0 Å². The molecule has 0 saturated heterocycles. The quantitative estimate of drug-likeness (QED) is 0.682. The van der Waals surface area contributed by atoms with Crippen LogP contribution in [0.2, 0.25) is 5.02 Å². The average Bonchev–Trinajstić information content (AvgIpc) is 2.46. The summed E-state index contributed by atoms with van der Waals surface area (Å²) in [6.45, 7) is 6.40. The van der Waals surface area contributed by atoms with Crippen LogP contribution in [0.3, 0.4) is 0 Å². The smallest absolute Gasteiger partial charge is 0.0546 e. The van der Waals surface area contributed by atoms with Crippen molar-refractivity contribution in [2.75, 3.05) is 0 Å². The van der Waals surface area contributed by atoms with E-state index < -0.39 is 0 Å². The monoisotopic (exact) mass is 207 g/mol. The number of halogens is 1. The zero-order valence-electron chi connectivity index (χ0n) is 8.76. The molecule has 0 saturated carbocycles. The molecular weight excluding hydrogens is 194 g/mol. The zero-order valence-corrected chi connectivity index (χ0v) is 9.52. The molecule has 0 fully saturated rings. The summed E-state index contributed by atoms with van der Waals surface area (Å²) >= 11 is 6.33. The van der Waals surface area contributed by atoms with Crippen molar-refractivity contribution in [3.63, 3.8) is 0 Å². The van der Waals surface area contributed by atoms with Crippen molar-refractivity contribution in [3.05, 3.63) is 33.6 Å². The molecule has 0 amide bonds. The second-order valence-electron chi connectivity index (χ2n) is 4.21. The van der Waals surface area contributed by atoms with Crippen molar-refractivity contribution in [2.24, 2.45) is 0 Å². The highest BCUT2D eigenvalue weighted by Crippen LogP contribution is 2.34. The van der Waals surface area contributed by atoms with Crippen LogP contribution in [-0.2, 0) is 6.42 Å². The van der Waals surface area contributed by atoms with E-state index in [0.717, 1.165) is 28.3 Å². The van der Waals surface area contributed by atoms with Gasteiger partial charge in [-0.3, -0.25) is 4.98 Å². The van der Waals surface area contributed by atoms with E-state index in [1.165, 1.54) is 5.57 Å². The fourth-order valence-corrected chi connectivity index (χ4v) is 2.24. The first-order valence-corrected chi connectivity index (χ1v) is 5.32. The molecule has 0 unspecified atom stereocenters. The zero-order chi connectivity index (χ0) is 10.3. The number of fused-ring (bicyclic) bond motifs is 1. The Morgan fingerprint density at radius 2 is 2.14 bits per heavy atom. The molecule has 0 radical (unpaired) electrons. The number of nitrogens with zero attached hydrogens (tertiary/aromatic N) is 1. The van der Waals surface area contributed by atoms with Gasteiger partial charge in [-0.2, -0.15) is 0 Å². The van der Waals surface area contributed by atoms with E-state index in [4.69, 9.17) is 11.6 Å². The van der Waals surface area contributed by atoms with Gasteiger partial charge in [0.25, 0.3) is 0 Å². The Morgan fingerprint density at radius 3 is 2.79 bits per heavy atom. The molecule has 0 bridgehead atoms. The number of rotatable bonds is 1. The van der Waals surface area contributed by atoms with E-state index >= 15 is 0 Å². The molecule has 14 heavy (non-hydrogen) atoms. The first-order valence-electron chi connectivity index (χ1n) is 4.94. The first-order chi connectivity index (χ1) is 6.59. The fraction of sp³-hybridized carbons (Fsp3) is 0.417. The van der Waals surface area contributed by atoms with Crippen molar-refractivity contribution in [1.29, 1.82) is 0 Å². The third-order valence-corrected chi connectivity index (χ3v) is 3.04. The molecular formula is C12H14ClN. The minimum Gasteiger partial charge on any atom is -0.260 e. The summed E-state index contributed by atoms with van der Waals surface area (Å²) in [5.41, 5.74) is 4.75. The Kier molecular flexibility index (Phi) is 2.36. The van der Waals surface area contributed by atoms with Crippen LogP contribution in [0.25, 0.3) is 6.08 Å². The van der Waals surface area contributed by atoms with E-state index in [0.29, 0.717) is 5.92 Å². The fourth-order valence-electron chi connectivity index (χ4n) is 1.81.